The third-order valence-electron chi connectivity index (χ3n) is 3.40. The summed E-state index contributed by atoms with van der Waals surface area (Å²) in [6.45, 7) is 0.116. The maximum Gasteiger partial charge on any atom is 0.321 e. The Kier molecular flexibility index (Phi) is 7.05. The van der Waals surface area contributed by atoms with E-state index in [1.807, 2.05) is 0 Å². The minimum atomic E-state index is -2.68. The van der Waals surface area contributed by atoms with Crippen LogP contribution in [0.25, 0.3) is 0 Å². The first-order valence-electron chi connectivity index (χ1n) is 7.39. The SMILES string of the molecule is COc1ccc(CN(C)C(=O)Nc2cccc(Cl)c2SC(F)F)cc1F. The van der Waals surface area contributed by atoms with E-state index < -0.39 is 17.6 Å². The molecule has 2 aromatic rings. The number of urea groups is 1. The van der Waals surface area contributed by atoms with Gasteiger partial charge in [-0.1, -0.05) is 35.5 Å². The van der Waals surface area contributed by atoms with Crippen molar-refractivity contribution in [3.63, 3.8) is 0 Å². The van der Waals surface area contributed by atoms with Crippen LogP contribution in [0.3, 0.4) is 0 Å². The van der Waals surface area contributed by atoms with Crippen molar-refractivity contribution in [1.82, 2.24) is 4.90 Å². The van der Waals surface area contributed by atoms with Crippen LogP contribution in [0.1, 0.15) is 5.56 Å². The van der Waals surface area contributed by atoms with Crippen LogP contribution in [0, 0.1) is 5.82 Å². The Morgan fingerprint density at radius 3 is 2.69 bits per heavy atom. The van der Waals surface area contributed by atoms with E-state index in [-0.39, 0.29) is 39.7 Å². The predicted molar refractivity (Wildman–Crippen MR) is 96.8 cm³/mol. The highest BCUT2D eigenvalue weighted by Crippen LogP contribution is 2.37. The Morgan fingerprint density at radius 2 is 2.08 bits per heavy atom. The van der Waals surface area contributed by atoms with E-state index >= 15 is 0 Å². The molecule has 9 heteroatoms. The van der Waals surface area contributed by atoms with Gasteiger partial charge in [0, 0.05) is 13.6 Å². The quantitative estimate of drug-likeness (QED) is 0.649. The van der Waals surface area contributed by atoms with Gasteiger partial charge in [-0.15, -0.1) is 0 Å². The number of nitrogens with zero attached hydrogens (tertiary/aromatic N) is 1. The summed E-state index contributed by atoms with van der Waals surface area (Å²) < 4.78 is 44.0. The summed E-state index contributed by atoms with van der Waals surface area (Å²) in [5.74, 6) is -3.11. The lowest BCUT2D eigenvalue weighted by atomic mass is 10.2. The van der Waals surface area contributed by atoms with Crippen LogP contribution in [-0.4, -0.2) is 30.8 Å². The van der Waals surface area contributed by atoms with Gasteiger partial charge in [-0.3, -0.25) is 0 Å². The van der Waals surface area contributed by atoms with E-state index in [1.54, 1.807) is 12.1 Å². The molecule has 0 saturated carbocycles. The van der Waals surface area contributed by atoms with Gasteiger partial charge in [0.25, 0.3) is 5.76 Å². The van der Waals surface area contributed by atoms with Gasteiger partial charge in [0.1, 0.15) is 0 Å². The van der Waals surface area contributed by atoms with Crippen molar-refractivity contribution in [3.05, 3.63) is 52.8 Å². The summed E-state index contributed by atoms with van der Waals surface area (Å²) in [5, 5.41) is 2.66. The van der Waals surface area contributed by atoms with Crippen LogP contribution in [0.5, 0.6) is 5.75 Å². The normalized spacial score (nSPS) is 10.7. The Morgan fingerprint density at radius 1 is 1.35 bits per heavy atom. The second-order valence-electron chi connectivity index (χ2n) is 5.25. The molecule has 0 aliphatic carbocycles. The summed E-state index contributed by atoms with van der Waals surface area (Å²) in [6, 6.07) is 8.31. The molecule has 0 aliphatic heterocycles. The number of rotatable bonds is 6. The van der Waals surface area contributed by atoms with E-state index in [0.29, 0.717) is 5.56 Å². The molecule has 0 unspecified atom stereocenters. The summed E-state index contributed by atoms with van der Waals surface area (Å²) >= 11 is 6.19. The van der Waals surface area contributed by atoms with E-state index in [1.165, 1.54) is 43.3 Å². The lowest BCUT2D eigenvalue weighted by molar-refractivity contribution is 0.220. The minimum Gasteiger partial charge on any atom is -0.494 e. The van der Waals surface area contributed by atoms with Crippen LogP contribution < -0.4 is 10.1 Å². The number of carbonyl (C=O) groups excluding carboxylic acids is 1. The lowest BCUT2D eigenvalue weighted by Gasteiger charge is -2.20. The number of nitrogens with one attached hydrogen (secondary N) is 1. The number of methoxy groups -OCH3 is 1. The molecular weight excluding hydrogens is 389 g/mol. The largest absolute Gasteiger partial charge is 0.494 e. The first kappa shape index (κ1) is 20.3. The summed E-state index contributed by atoms with van der Waals surface area (Å²) in [4.78, 5) is 13.7. The van der Waals surface area contributed by atoms with E-state index in [9.17, 15) is 18.0 Å². The first-order chi connectivity index (χ1) is 12.3. The molecule has 0 fully saturated rings. The standard InChI is InChI=1S/C17H16ClF3N2O2S/c1-23(9-10-6-7-14(25-2)12(19)8-10)17(24)22-13-5-3-4-11(18)15(13)26-16(20)21/h3-8,16H,9H2,1-2H3,(H,22,24). The Balaban J connectivity index is 2.10. The third kappa shape index (κ3) is 5.22. The van der Waals surface area contributed by atoms with E-state index in [0.717, 1.165) is 0 Å². The van der Waals surface area contributed by atoms with Gasteiger partial charge < -0.3 is 15.0 Å². The summed E-state index contributed by atoms with van der Waals surface area (Å²) in [6.07, 6.45) is 0. The number of hydrogen-bond acceptors (Lipinski definition) is 3. The smallest absolute Gasteiger partial charge is 0.321 e. The number of thioether (sulfide) groups is 1. The number of hydrogen-bond donors (Lipinski definition) is 1. The maximum absolute atomic E-state index is 13.7. The zero-order valence-electron chi connectivity index (χ0n) is 13.9. The van der Waals surface area contributed by atoms with Gasteiger partial charge >= 0.3 is 6.03 Å². The molecule has 0 radical (unpaired) electrons. The molecule has 140 valence electrons. The van der Waals surface area contributed by atoms with Crippen LogP contribution in [-0.2, 0) is 6.54 Å². The highest BCUT2D eigenvalue weighted by molar-refractivity contribution is 7.99. The van der Waals surface area contributed by atoms with Crippen LogP contribution in [0.4, 0.5) is 23.7 Å². The Hall–Kier alpha value is -2.06. The second kappa shape index (κ2) is 9.05. The fourth-order valence-corrected chi connectivity index (χ4v) is 3.09. The molecule has 0 saturated heterocycles. The highest BCUT2D eigenvalue weighted by atomic mass is 35.5. The zero-order chi connectivity index (χ0) is 19.3. The van der Waals surface area contributed by atoms with Gasteiger partial charge in [-0.25, -0.2) is 9.18 Å². The molecule has 0 aliphatic rings. The minimum absolute atomic E-state index is 0.0846. The summed E-state index contributed by atoms with van der Waals surface area (Å²) in [5.41, 5.74) is 0.731. The number of ether oxygens (including phenoxy) is 1. The fraction of sp³-hybridized carbons (Fsp3) is 0.235. The zero-order valence-corrected chi connectivity index (χ0v) is 15.5. The first-order valence-corrected chi connectivity index (χ1v) is 8.65. The molecule has 2 amide bonds. The molecule has 26 heavy (non-hydrogen) atoms. The maximum atomic E-state index is 13.7. The Bertz CT molecular complexity index is 793. The van der Waals surface area contributed by atoms with Crippen LogP contribution in [0.2, 0.25) is 5.02 Å². The number of benzene rings is 2. The average molecular weight is 405 g/mol. The number of anilines is 1. The van der Waals surface area contributed by atoms with Crippen LogP contribution in [0.15, 0.2) is 41.3 Å². The number of halogens is 4. The van der Waals surface area contributed by atoms with Gasteiger partial charge in [0.15, 0.2) is 11.6 Å². The van der Waals surface area contributed by atoms with E-state index in [4.69, 9.17) is 16.3 Å². The lowest BCUT2D eigenvalue weighted by Crippen LogP contribution is -2.31. The topological polar surface area (TPSA) is 41.6 Å². The van der Waals surface area contributed by atoms with Crippen molar-refractivity contribution < 1.29 is 22.7 Å². The molecule has 0 heterocycles. The molecule has 2 rings (SSSR count). The molecule has 2 aromatic carbocycles. The fourth-order valence-electron chi connectivity index (χ4n) is 2.18. The highest BCUT2D eigenvalue weighted by Gasteiger charge is 2.17. The second-order valence-corrected chi connectivity index (χ2v) is 6.66. The average Bonchev–Trinajstić information content (AvgIpc) is 2.57. The van der Waals surface area contributed by atoms with Gasteiger partial charge in [0.2, 0.25) is 0 Å². The van der Waals surface area contributed by atoms with Crippen molar-refractivity contribution >= 4 is 35.1 Å². The van der Waals surface area contributed by atoms with Gasteiger partial charge in [-0.05, 0) is 29.8 Å². The Labute approximate surface area is 158 Å². The molecular formula is C17H16ClF3N2O2S. The van der Waals surface area contributed by atoms with Crippen molar-refractivity contribution in [3.8, 4) is 5.75 Å². The van der Waals surface area contributed by atoms with E-state index in [2.05, 4.69) is 5.32 Å². The molecule has 0 aromatic heterocycles. The van der Waals surface area contributed by atoms with Gasteiger partial charge in [0.05, 0.1) is 22.7 Å². The molecule has 1 N–H and O–H groups in total. The van der Waals surface area contributed by atoms with Crippen molar-refractivity contribution in [2.75, 3.05) is 19.5 Å². The predicted octanol–water partition coefficient (Wildman–Crippen LogP) is 5.47. The van der Waals surface area contributed by atoms with Crippen LogP contribution >= 0.6 is 23.4 Å². The third-order valence-corrected chi connectivity index (χ3v) is 4.68. The summed E-state index contributed by atoms with van der Waals surface area (Å²) in [7, 11) is 2.86. The van der Waals surface area contributed by atoms with Crippen molar-refractivity contribution in [2.24, 2.45) is 0 Å². The molecule has 0 bridgehead atoms. The van der Waals surface area contributed by atoms with Crippen molar-refractivity contribution in [2.45, 2.75) is 17.2 Å². The number of amides is 2. The number of alkyl halides is 2. The monoisotopic (exact) mass is 404 g/mol. The van der Waals surface area contributed by atoms with Gasteiger partial charge in [-0.2, -0.15) is 8.78 Å². The molecule has 0 atom stereocenters. The number of carbonyl (C=O) groups is 1. The molecule has 0 spiro atoms. The molecule has 4 nitrogen and oxygen atoms in total. The van der Waals surface area contributed by atoms with Crippen molar-refractivity contribution in [1.29, 1.82) is 0 Å².